The monoisotopic (exact) mass is 505 g/mol. The summed E-state index contributed by atoms with van der Waals surface area (Å²) in [5, 5.41) is 17.1. The van der Waals surface area contributed by atoms with Crippen molar-refractivity contribution in [2.45, 2.75) is 77.5 Å². The van der Waals surface area contributed by atoms with Crippen molar-refractivity contribution in [1.29, 1.82) is 0 Å². The van der Waals surface area contributed by atoms with Crippen molar-refractivity contribution in [3.63, 3.8) is 0 Å². The van der Waals surface area contributed by atoms with Gasteiger partial charge in [-0.05, 0) is 17.4 Å². The molecule has 1 aromatic rings. The van der Waals surface area contributed by atoms with Crippen LogP contribution in [-0.2, 0) is 30.4 Å². The number of carboxylic acid groups (broad SMARTS) is 1. The molecule has 0 aromatic heterocycles. The molecule has 1 aromatic carbocycles. The molecule has 1 rings (SSSR count). The van der Waals surface area contributed by atoms with E-state index < -0.39 is 60.2 Å². The average molecular weight is 506 g/mol. The minimum Gasteiger partial charge on any atom is -0.480 e. The fourth-order valence-electron chi connectivity index (χ4n) is 3.46. The lowest BCUT2D eigenvalue weighted by molar-refractivity contribution is -0.142. The van der Waals surface area contributed by atoms with Crippen LogP contribution in [0.5, 0.6) is 0 Å². The smallest absolute Gasteiger partial charge is 0.326 e. The van der Waals surface area contributed by atoms with Crippen LogP contribution in [0, 0.1) is 11.8 Å². The molecule has 0 fully saturated rings. The van der Waals surface area contributed by atoms with Gasteiger partial charge in [-0.3, -0.25) is 19.2 Å². The number of primary amides is 1. The van der Waals surface area contributed by atoms with E-state index in [1.54, 1.807) is 44.2 Å². The second-order valence-electron chi connectivity index (χ2n) is 9.10. The highest BCUT2D eigenvalue weighted by molar-refractivity contribution is 5.96. The van der Waals surface area contributed by atoms with E-state index in [2.05, 4.69) is 16.0 Å². The zero-order valence-electron chi connectivity index (χ0n) is 21.3. The third-order valence-corrected chi connectivity index (χ3v) is 6.29. The van der Waals surface area contributed by atoms with Crippen LogP contribution in [-0.4, -0.2) is 58.9 Å². The maximum Gasteiger partial charge on any atom is 0.326 e. The van der Waals surface area contributed by atoms with Gasteiger partial charge in [0.25, 0.3) is 0 Å². The van der Waals surface area contributed by atoms with E-state index in [1.807, 2.05) is 13.8 Å². The fraction of sp³-hybridized carbons (Fsp3) is 0.560. The van der Waals surface area contributed by atoms with E-state index in [9.17, 15) is 29.1 Å². The molecule has 0 aliphatic carbocycles. The molecule has 4 amide bonds. The van der Waals surface area contributed by atoms with Gasteiger partial charge in [-0.1, -0.05) is 70.9 Å². The molecule has 6 unspecified atom stereocenters. The molecule has 6 atom stereocenters. The summed E-state index contributed by atoms with van der Waals surface area (Å²) < 4.78 is 0. The summed E-state index contributed by atoms with van der Waals surface area (Å²) in [6, 6.07) is 4.23. The molecule has 0 heterocycles. The summed E-state index contributed by atoms with van der Waals surface area (Å²) in [6.07, 6.45) is 0.675. The molecule has 11 heteroatoms. The van der Waals surface area contributed by atoms with Gasteiger partial charge >= 0.3 is 5.97 Å². The average Bonchev–Trinajstić information content (AvgIpc) is 2.84. The zero-order chi connectivity index (χ0) is 27.4. The maximum absolute atomic E-state index is 13.1. The summed E-state index contributed by atoms with van der Waals surface area (Å²) in [7, 11) is 0. The minimum atomic E-state index is -1.34. The van der Waals surface area contributed by atoms with Crippen molar-refractivity contribution in [3.8, 4) is 0 Å². The van der Waals surface area contributed by atoms with Crippen LogP contribution >= 0.6 is 0 Å². The highest BCUT2D eigenvalue weighted by atomic mass is 16.4. The van der Waals surface area contributed by atoms with E-state index in [-0.39, 0.29) is 18.3 Å². The Labute approximate surface area is 211 Å². The molecule has 11 nitrogen and oxygen atoms in total. The Kier molecular flexibility index (Phi) is 12.6. The largest absolute Gasteiger partial charge is 0.480 e. The first-order valence-electron chi connectivity index (χ1n) is 12.1. The molecule has 8 N–H and O–H groups in total. The first-order valence-corrected chi connectivity index (χ1v) is 12.1. The van der Waals surface area contributed by atoms with Crippen LogP contribution in [0.15, 0.2) is 30.3 Å². The number of rotatable bonds is 15. The van der Waals surface area contributed by atoms with Crippen molar-refractivity contribution in [2.24, 2.45) is 23.3 Å². The Morgan fingerprint density at radius 2 is 1.39 bits per heavy atom. The van der Waals surface area contributed by atoms with Crippen LogP contribution in [0.1, 0.15) is 52.5 Å². The summed E-state index contributed by atoms with van der Waals surface area (Å²) in [5.41, 5.74) is 11.9. The summed E-state index contributed by atoms with van der Waals surface area (Å²) in [5.74, 6) is -4.71. The molecule has 0 saturated heterocycles. The van der Waals surface area contributed by atoms with Gasteiger partial charge in [-0.25, -0.2) is 4.79 Å². The second kappa shape index (κ2) is 14.8. The fourth-order valence-corrected chi connectivity index (χ4v) is 3.46. The quantitative estimate of drug-likeness (QED) is 0.194. The van der Waals surface area contributed by atoms with E-state index in [0.29, 0.717) is 12.8 Å². The molecular weight excluding hydrogens is 466 g/mol. The van der Waals surface area contributed by atoms with Crippen molar-refractivity contribution in [1.82, 2.24) is 16.0 Å². The van der Waals surface area contributed by atoms with Crippen LogP contribution in [0.25, 0.3) is 0 Å². The predicted octanol–water partition coefficient (Wildman–Crippen LogP) is 0.0630. The van der Waals surface area contributed by atoms with E-state index in [1.165, 1.54) is 0 Å². The first kappa shape index (κ1) is 30.6. The Balaban J connectivity index is 3.05. The van der Waals surface area contributed by atoms with Crippen LogP contribution in [0.3, 0.4) is 0 Å². The normalized spacial score (nSPS) is 15.9. The van der Waals surface area contributed by atoms with Gasteiger partial charge in [0.2, 0.25) is 23.6 Å². The van der Waals surface area contributed by atoms with Crippen molar-refractivity contribution >= 4 is 29.6 Å². The van der Waals surface area contributed by atoms with Gasteiger partial charge < -0.3 is 32.5 Å². The molecule has 0 aliphatic rings. The third kappa shape index (κ3) is 9.65. The number of amides is 4. The number of carbonyl (C=O) groups excluding carboxylic acids is 4. The number of nitrogens with one attached hydrogen (secondary N) is 3. The van der Waals surface area contributed by atoms with Gasteiger partial charge in [0.05, 0.1) is 12.5 Å². The number of hydrogen-bond acceptors (Lipinski definition) is 6. The summed E-state index contributed by atoms with van der Waals surface area (Å²) in [4.78, 5) is 62.1. The lowest BCUT2D eigenvalue weighted by atomic mass is 9.96. The van der Waals surface area contributed by atoms with Crippen LogP contribution < -0.4 is 27.4 Å². The number of carboxylic acids is 1. The summed E-state index contributed by atoms with van der Waals surface area (Å²) >= 11 is 0. The SMILES string of the molecule is CCC(C)C(N)C(=O)NC(CC(N)=O)C(=O)NC(C(=O)NC(Cc1ccccc1)C(=O)O)C(C)CC. The highest BCUT2D eigenvalue weighted by Crippen LogP contribution is 2.11. The van der Waals surface area contributed by atoms with Crippen molar-refractivity contribution in [3.05, 3.63) is 35.9 Å². The number of aliphatic carboxylic acids is 1. The third-order valence-electron chi connectivity index (χ3n) is 6.29. The van der Waals surface area contributed by atoms with E-state index >= 15 is 0 Å². The molecular formula is C25H39N5O6. The summed E-state index contributed by atoms with van der Waals surface area (Å²) in [6.45, 7) is 7.18. The highest BCUT2D eigenvalue weighted by Gasteiger charge is 2.33. The van der Waals surface area contributed by atoms with Crippen molar-refractivity contribution in [2.75, 3.05) is 0 Å². The molecule has 0 saturated carbocycles. The zero-order valence-corrected chi connectivity index (χ0v) is 21.3. The number of benzene rings is 1. The molecule has 200 valence electrons. The van der Waals surface area contributed by atoms with Gasteiger partial charge in [-0.2, -0.15) is 0 Å². The Morgan fingerprint density at radius 3 is 1.89 bits per heavy atom. The standard InChI is InChI=1S/C25H39N5O6/c1-5-14(3)20(27)23(33)28-17(13-19(26)31)22(32)30-21(15(4)6-2)24(34)29-18(25(35)36)12-16-10-8-7-9-11-16/h7-11,14-15,17-18,20-21H,5-6,12-13,27H2,1-4H3,(H2,26,31)(H,28,33)(H,29,34)(H,30,32)(H,35,36). The maximum atomic E-state index is 13.1. The van der Waals surface area contributed by atoms with Crippen LogP contribution in [0.4, 0.5) is 0 Å². The Hall–Kier alpha value is -3.47. The predicted molar refractivity (Wildman–Crippen MR) is 134 cm³/mol. The minimum absolute atomic E-state index is 0.0525. The molecule has 36 heavy (non-hydrogen) atoms. The number of nitrogens with two attached hydrogens (primary N) is 2. The second-order valence-corrected chi connectivity index (χ2v) is 9.10. The van der Waals surface area contributed by atoms with E-state index in [0.717, 1.165) is 5.56 Å². The van der Waals surface area contributed by atoms with Gasteiger partial charge in [0, 0.05) is 6.42 Å². The number of carbonyl (C=O) groups is 5. The van der Waals surface area contributed by atoms with Crippen LogP contribution in [0.2, 0.25) is 0 Å². The molecule has 0 spiro atoms. The topological polar surface area (TPSA) is 194 Å². The van der Waals surface area contributed by atoms with Gasteiger partial charge in [-0.15, -0.1) is 0 Å². The molecule has 0 bridgehead atoms. The lowest BCUT2D eigenvalue weighted by Gasteiger charge is -2.28. The lowest BCUT2D eigenvalue weighted by Crippen LogP contribution is -2.59. The molecule has 0 aliphatic heterocycles. The Morgan fingerprint density at radius 1 is 0.833 bits per heavy atom. The molecule has 0 radical (unpaired) electrons. The Bertz CT molecular complexity index is 909. The van der Waals surface area contributed by atoms with Gasteiger partial charge in [0.1, 0.15) is 18.1 Å². The van der Waals surface area contributed by atoms with Crippen molar-refractivity contribution < 1.29 is 29.1 Å². The van der Waals surface area contributed by atoms with Gasteiger partial charge in [0.15, 0.2) is 0 Å². The number of hydrogen-bond donors (Lipinski definition) is 6. The van der Waals surface area contributed by atoms with E-state index in [4.69, 9.17) is 11.5 Å². The first-order chi connectivity index (χ1) is 16.9.